The van der Waals surface area contributed by atoms with Crippen molar-refractivity contribution in [3.05, 3.63) is 35.4 Å². The zero-order valence-corrected chi connectivity index (χ0v) is 13.0. The van der Waals surface area contributed by atoms with Crippen molar-refractivity contribution in [1.29, 1.82) is 0 Å². The van der Waals surface area contributed by atoms with Gasteiger partial charge in [0.25, 0.3) is 0 Å². The maximum atomic E-state index is 6.15. The zero-order chi connectivity index (χ0) is 14.2. The Morgan fingerprint density at radius 2 is 2.15 bits per heavy atom. The molecule has 1 aliphatic rings. The molecule has 1 aromatic carbocycles. The second kappa shape index (κ2) is 8.43. The normalized spacial score (nSPS) is 19.6. The highest BCUT2D eigenvalue weighted by Crippen LogP contribution is 2.32. The Morgan fingerprint density at radius 1 is 1.30 bits per heavy atom. The van der Waals surface area contributed by atoms with Gasteiger partial charge < -0.3 is 10.1 Å². The van der Waals surface area contributed by atoms with Crippen molar-refractivity contribution in [2.24, 2.45) is 0 Å². The van der Waals surface area contributed by atoms with E-state index in [-0.39, 0.29) is 0 Å². The highest BCUT2D eigenvalue weighted by molar-refractivity contribution is 5.31. The molecule has 1 N–H and O–H groups in total. The molecule has 0 radical (unpaired) electrons. The van der Waals surface area contributed by atoms with E-state index in [2.05, 4.69) is 43.4 Å². The quantitative estimate of drug-likeness (QED) is 0.716. The van der Waals surface area contributed by atoms with Crippen LogP contribution in [0.2, 0.25) is 0 Å². The zero-order valence-electron chi connectivity index (χ0n) is 13.0. The first kappa shape index (κ1) is 15.5. The molecule has 0 saturated carbocycles. The maximum Gasteiger partial charge on any atom is 0.0827 e. The van der Waals surface area contributed by atoms with Crippen molar-refractivity contribution >= 4 is 0 Å². The summed E-state index contributed by atoms with van der Waals surface area (Å²) in [5.74, 6) is 0. The predicted molar refractivity (Wildman–Crippen MR) is 85.1 cm³/mol. The van der Waals surface area contributed by atoms with E-state index in [1.807, 2.05) is 0 Å². The number of hydrogen-bond acceptors (Lipinski definition) is 2. The first-order valence-electron chi connectivity index (χ1n) is 8.28. The van der Waals surface area contributed by atoms with Gasteiger partial charge in [-0.3, -0.25) is 0 Å². The van der Waals surface area contributed by atoms with Gasteiger partial charge in [0, 0.05) is 12.6 Å². The Hall–Kier alpha value is -0.860. The third-order valence-corrected chi connectivity index (χ3v) is 4.32. The van der Waals surface area contributed by atoms with Crippen LogP contribution in [0.3, 0.4) is 0 Å². The number of nitrogens with one attached hydrogen (secondary N) is 1. The third-order valence-electron chi connectivity index (χ3n) is 4.32. The SMILES string of the molecule is CCNC(CC)CCCOC1CCCc2ccccc21. The number of fused-ring (bicyclic) bond motifs is 1. The molecular formula is C18H29NO. The van der Waals surface area contributed by atoms with Gasteiger partial charge in [-0.1, -0.05) is 38.1 Å². The summed E-state index contributed by atoms with van der Waals surface area (Å²) in [6.07, 6.45) is 7.58. The van der Waals surface area contributed by atoms with E-state index in [9.17, 15) is 0 Å². The van der Waals surface area contributed by atoms with Crippen LogP contribution in [0.5, 0.6) is 0 Å². The summed E-state index contributed by atoms with van der Waals surface area (Å²) in [6, 6.07) is 9.43. The number of rotatable bonds is 8. The molecule has 1 aromatic rings. The number of benzene rings is 1. The van der Waals surface area contributed by atoms with Gasteiger partial charge in [-0.25, -0.2) is 0 Å². The average molecular weight is 275 g/mol. The average Bonchev–Trinajstić information content (AvgIpc) is 2.50. The van der Waals surface area contributed by atoms with E-state index in [0.717, 1.165) is 19.6 Å². The maximum absolute atomic E-state index is 6.15. The van der Waals surface area contributed by atoms with Crippen LogP contribution >= 0.6 is 0 Å². The van der Waals surface area contributed by atoms with E-state index in [1.54, 1.807) is 0 Å². The first-order valence-corrected chi connectivity index (χ1v) is 8.28. The van der Waals surface area contributed by atoms with E-state index in [0.29, 0.717) is 12.1 Å². The summed E-state index contributed by atoms with van der Waals surface area (Å²) < 4.78 is 6.15. The number of aryl methyl sites for hydroxylation is 1. The molecule has 0 fully saturated rings. The number of ether oxygens (including phenoxy) is 1. The fraction of sp³-hybridized carbons (Fsp3) is 0.667. The van der Waals surface area contributed by atoms with E-state index < -0.39 is 0 Å². The second-order valence-corrected chi connectivity index (χ2v) is 5.76. The minimum Gasteiger partial charge on any atom is -0.374 e. The molecule has 0 heterocycles. The Morgan fingerprint density at radius 3 is 2.95 bits per heavy atom. The summed E-state index contributed by atoms with van der Waals surface area (Å²) in [5, 5.41) is 3.53. The molecule has 2 heteroatoms. The van der Waals surface area contributed by atoms with Crippen molar-refractivity contribution in [2.45, 2.75) is 64.5 Å². The van der Waals surface area contributed by atoms with E-state index in [4.69, 9.17) is 4.74 Å². The Bertz CT molecular complexity index is 391. The summed E-state index contributed by atoms with van der Waals surface area (Å²) in [7, 11) is 0. The summed E-state index contributed by atoms with van der Waals surface area (Å²) in [5.41, 5.74) is 2.92. The fourth-order valence-corrected chi connectivity index (χ4v) is 3.18. The summed E-state index contributed by atoms with van der Waals surface area (Å²) in [4.78, 5) is 0. The fourth-order valence-electron chi connectivity index (χ4n) is 3.18. The molecule has 1 aliphatic carbocycles. The molecule has 2 nitrogen and oxygen atoms in total. The lowest BCUT2D eigenvalue weighted by Crippen LogP contribution is -2.28. The molecule has 20 heavy (non-hydrogen) atoms. The van der Waals surface area contributed by atoms with Gasteiger partial charge in [-0.05, 0) is 56.2 Å². The summed E-state index contributed by atoms with van der Waals surface area (Å²) >= 11 is 0. The topological polar surface area (TPSA) is 21.3 Å². The molecule has 0 bridgehead atoms. The molecule has 0 amide bonds. The predicted octanol–water partition coefficient (Wildman–Crippen LogP) is 4.25. The molecule has 0 aliphatic heterocycles. The van der Waals surface area contributed by atoms with Crippen LogP contribution in [0.15, 0.2) is 24.3 Å². The Labute approximate surface area is 123 Å². The van der Waals surface area contributed by atoms with Crippen LogP contribution in [0, 0.1) is 0 Å². The largest absolute Gasteiger partial charge is 0.374 e. The smallest absolute Gasteiger partial charge is 0.0827 e. The second-order valence-electron chi connectivity index (χ2n) is 5.76. The van der Waals surface area contributed by atoms with Gasteiger partial charge in [-0.15, -0.1) is 0 Å². The Kier molecular flexibility index (Phi) is 6.55. The van der Waals surface area contributed by atoms with E-state index in [1.165, 1.54) is 43.2 Å². The molecule has 112 valence electrons. The lowest BCUT2D eigenvalue weighted by molar-refractivity contribution is 0.0373. The van der Waals surface area contributed by atoms with Gasteiger partial charge in [0.2, 0.25) is 0 Å². The van der Waals surface area contributed by atoms with Crippen molar-refractivity contribution in [3.63, 3.8) is 0 Å². The highest BCUT2D eigenvalue weighted by atomic mass is 16.5. The van der Waals surface area contributed by atoms with Crippen molar-refractivity contribution in [3.8, 4) is 0 Å². The van der Waals surface area contributed by atoms with Gasteiger partial charge in [0.1, 0.15) is 0 Å². The van der Waals surface area contributed by atoms with Crippen LogP contribution < -0.4 is 5.32 Å². The van der Waals surface area contributed by atoms with Gasteiger partial charge in [-0.2, -0.15) is 0 Å². The third kappa shape index (κ3) is 4.32. The molecule has 2 atom stereocenters. The number of hydrogen-bond donors (Lipinski definition) is 1. The van der Waals surface area contributed by atoms with Gasteiger partial charge in [0.05, 0.1) is 6.10 Å². The highest BCUT2D eigenvalue weighted by Gasteiger charge is 2.19. The minimum atomic E-state index is 0.333. The van der Waals surface area contributed by atoms with Gasteiger partial charge in [0.15, 0.2) is 0 Å². The lowest BCUT2D eigenvalue weighted by atomic mass is 9.89. The molecule has 2 unspecified atom stereocenters. The first-order chi connectivity index (χ1) is 9.85. The lowest BCUT2D eigenvalue weighted by Gasteiger charge is -2.26. The van der Waals surface area contributed by atoms with Crippen LogP contribution in [0.4, 0.5) is 0 Å². The standard InChI is InChI=1S/C18H29NO/c1-3-16(19-4-2)11-8-14-20-18-13-7-10-15-9-5-6-12-17(15)18/h5-6,9,12,16,18-19H,3-4,7-8,10-11,13-14H2,1-2H3. The van der Waals surface area contributed by atoms with Crippen molar-refractivity contribution < 1.29 is 4.74 Å². The monoisotopic (exact) mass is 275 g/mol. The van der Waals surface area contributed by atoms with E-state index >= 15 is 0 Å². The van der Waals surface area contributed by atoms with Crippen LogP contribution in [-0.2, 0) is 11.2 Å². The molecule has 0 aromatic heterocycles. The van der Waals surface area contributed by atoms with Crippen LogP contribution in [0.25, 0.3) is 0 Å². The molecular weight excluding hydrogens is 246 g/mol. The van der Waals surface area contributed by atoms with Crippen molar-refractivity contribution in [1.82, 2.24) is 5.32 Å². The Balaban J connectivity index is 1.75. The summed E-state index contributed by atoms with van der Waals surface area (Å²) in [6.45, 7) is 6.39. The molecule has 0 saturated heterocycles. The van der Waals surface area contributed by atoms with Crippen LogP contribution in [-0.4, -0.2) is 19.2 Å². The molecule has 2 rings (SSSR count). The van der Waals surface area contributed by atoms with Gasteiger partial charge >= 0.3 is 0 Å². The minimum absolute atomic E-state index is 0.333. The van der Waals surface area contributed by atoms with Crippen LogP contribution in [0.1, 0.15) is 63.2 Å². The van der Waals surface area contributed by atoms with Crippen molar-refractivity contribution in [2.75, 3.05) is 13.2 Å². The molecule has 0 spiro atoms.